The lowest BCUT2D eigenvalue weighted by Crippen LogP contribution is -2.10. The second-order valence-corrected chi connectivity index (χ2v) is 3.77. The second-order valence-electron chi connectivity index (χ2n) is 3.77. The predicted octanol–water partition coefficient (Wildman–Crippen LogP) is 2.76. The third kappa shape index (κ3) is 2.66. The Hall–Kier alpha value is -2.36. The summed E-state index contributed by atoms with van der Waals surface area (Å²) < 4.78 is 18.5. The van der Waals surface area contributed by atoms with Crippen LogP contribution >= 0.6 is 0 Å². The summed E-state index contributed by atoms with van der Waals surface area (Å²) in [5, 5.41) is 0. The topological polar surface area (TPSA) is 52.3 Å². The second kappa shape index (κ2) is 5.31. The van der Waals surface area contributed by atoms with Crippen LogP contribution in [-0.4, -0.2) is 5.97 Å². The number of hydrogen-bond acceptors (Lipinski definition) is 3. The highest BCUT2D eigenvalue weighted by atomic mass is 19.1. The largest absolute Gasteiger partial charge is 0.457 e. The van der Waals surface area contributed by atoms with Crippen LogP contribution in [0.1, 0.15) is 15.9 Å². The van der Waals surface area contributed by atoms with E-state index in [9.17, 15) is 9.18 Å². The molecule has 92 valence electrons. The van der Waals surface area contributed by atoms with Crippen molar-refractivity contribution in [3.63, 3.8) is 0 Å². The molecule has 4 heteroatoms. The zero-order chi connectivity index (χ0) is 13.0. The number of halogens is 1. The number of hydrogen-bond donors (Lipinski definition) is 1. The molecule has 0 saturated heterocycles. The lowest BCUT2D eigenvalue weighted by Gasteiger charge is -2.07. The molecule has 0 heterocycles. The van der Waals surface area contributed by atoms with Crippen LogP contribution in [0.5, 0.6) is 0 Å². The quantitative estimate of drug-likeness (QED) is 0.668. The molecule has 0 aliphatic carbocycles. The van der Waals surface area contributed by atoms with E-state index >= 15 is 0 Å². The minimum Gasteiger partial charge on any atom is -0.457 e. The molecule has 2 N–H and O–H groups in total. The number of esters is 1. The maximum atomic E-state index is 13.4. The van der Waals surface area contributed by atoms with Crippen molar-refractivity contribution in [3.05, 3.63) is 65.5 Å². The Kier molecular flexibility index (Phi) is 3.57. The zero-order valence-corrected chi connectivity index (χ0v) is 9.60. The number of ether oxygens (including phenoxy) is 1. The van der Waals surface area contributed by atoms with Gasteiger partial charge in [-0.25, -0.2) is 9.18 Å². The van der Waals surface area contributed by atoms with E-state index in [-0.39, 0.29) is 17.9 Å². The number of nitrogens with two attached hydrogens (primary N) is 1. The van der Waals surface area contributed by atoms with Crippen LogP contribution in [0.3, 0.4) is 0 Å². The number of anilines is 1. The number of carbonyl (C=O) groups is 1. The molecular formula is C14H12FNO2. The van der Waals surface area contributed by atoms with Gasteiger partial charge in [0.2, 0.25) is 0 Å². The smallest absolute Gasteiger partial charge is 0.343 e. The molecule has 3 nitrogen and oxygen atoms in total. The van der Waals surface area contributed by atoms with Gasteiger partial charge in [0.25, 0.3) is 0 Å². The summed E-state index contributed by atoms with van der Waals surface area (Å²) in [4.78, 5) is 11.7. The number of rotatable bonds is 3. The van der Waals surface area contributed by atoms with Gasteiger partial charge in [-0.2, -0.15) is 0 Å². The molecule has 0 unspecified atom stereocenters. The Morgan fingerprint density at radius 1 is 1.11 bits per heavy atom. The van der Waals surface area contributed by atoms with Gasteiger partial charge in [-0.15, -0.1) is 0 Å². The fourth-order valence-corrected chi connectivity index (χ4v) is 1.55. The lowest BCUT2D eigenvalue weighted by atomic mass is 10.1. The van der Waals surface area contributed by atoms with E-state index in [1.54, 1.807) is 0 Å². The molecule has 0 saturated carbocycles. The van der Waals surface area contributed by atoms with Crippen molar-refractivity contribution in [2.75, 3.05) is 5.73 Å². The van der Waals surface area contributed by atoms with Crippen molar-refractivity contribution in [1.29, 1.82) is 0 Å². The molecule has 0 aliphatic heterocycles. The van der Waals surface area contributed by atoms with Gasteiger partial charge in [0, 0.05) is 5.69 Å². The van der Waals surface area contributed by atoms with Gasteiger partial charge in [0.15, 0.2) is 0 Å². The summed E-state index contributed by atoms with van der Waals surface area (Å²) in [7, 11) is 0. The van der Waals surface area contributed by atoms with Gasteiger partial charge < -0.3 is 10.5 Å². The molecule has 0 spiro atoms. The molecule has 0 fully saturated rings. The molecule has 0 radical (unpaired) electrons. The minimum atomic E-state index is -0.755. The third-order valence-electron chi connectivity index (χ3n) is 2.46. The Morgan fingerprint density at radius 2 is 1.83 bits per heavy atom. The van der Waals surface area contributed by atoms with Crippen LogP contribution in [0.4, 0.5) is 10.1 Å². The zero-order valence-electron chi connectivity index (χ0n) is 9.60. The van der Waals surface area contributed by atoms with Crippen molar-refractivity contribution >= 4 is 11.7 Å². The molecule has 0 aromatic heterocycles. The fourth-order valence-electron chi connectivity index (χ4n) is 1.55. The Bertz CT molecular complexity index is 535. The van der Waals surface area contributed by atoms with Gasteiger partial charge >= 0.3 is 5.97 Å². The number of carbonyl (C=O) groups excluding carboxylic acids is 1. The monoisotopic (exact) mass is 245 g/mol. The number of benzene rings is 2. The van der Waals surface area contributed by atoms with Crippen LogP contribution in [0, 0.1) is 5.82 Å². The van der Waals surface area contributed by atoms with Gasteiger partial charge in [0.1, 0.15) is 18.0 Å². The SMILES string of the molecule is Nc1cccc(F)c1C(=O)OCc1ccccc1. The van der Waals surface area contributed by atoms with Gasteiger partial charge in [-0.05, 0) is 17.7 Å². The van der Waals surface area contributed by atoms with E-state index in [4.69, 9.17) is 10.5 Å². The lowest BCUT2D eigenvalue weighted by molar-refractivity contribution is 0.0468. The van der Waals surface area contributed by atoms with Crippen LogP contribution in [-0.2, 0) is 11.3 Å². The van der Waals surface area contributed by atoms with Crippen molar-refractivity contribution in [2.45, 2.75) is 6.61 Å². The van der Waals surface area contributed by atoms with Crippen molar-refractivity contribution in [1.82, 2.24) is 0 Å². The Balaban J connectivity index is 2.09. The van der Waals surface area contributed by atoms with E-state index in [1.165, 1.54) is 18.2 Å². The maximum absolute atomic E-state index is 13.4. The first kappa shape index (κ1) is 12.1. The highest BCUT2D eigenvalue weighted by Crippen LogP contribution is 2.17. The molecular weight excluding hydrogens is 233 g/mol. The first-order valence-electron chi connectivity index (χ1n) is 5.43. The Labute approximate surface area is 104 Å². The minimum absolute atomic E-state index is 0.0769. The normalized spacial score (nSPS) is 10.1. The van der Waals surface area contributed by atoms with Crippen LogP contribution < -0.4 is 5.73 Å². The molecule has 0 aliphatic rings. The Morgan fingerprint density at radius 3 is 2.50 bits per heavy atom. The van der Waals surface area contributed by atoms with Gasteiger partial charge in [-0.1, -0.05) is 36.4 Å². The van der Waals surface area contributed by atoms with E-state index in [2.05, 4.69) is 0 Å². The highest BCUT2D eigenvalue weighted by Gasteiger charge is 2.16. The molecule has 0 atom stereocenters. The first-order valence-corrected chi connectivity index (χ1v) is 5.43. The van der Waals surface area contributed by atoms with E-state index < -0.39 is 11.8 Å². The van der Waals surface area contributed by atoms with Gasteiger partial charge in [0.05, 0.1) is 0 Å². The summed E-state index contributed by atoms with van der Waals surface area (Å²) in [5.41, 5.74) is 6.25. The van der Waals surface area contributed by atoms with Gasteiger partial charge in [-0.3, -0.25) is 0 Å². The third-order valence-corrected chi connectivity index (χ3v) is 2.46. The summed E-state index contributed by atoms with van der Waals surface area (Å²) >= 11 is 0. The van der Waals surface area contributed by atoms with E-state index in [0.717, 1.165) is 5.56 Å². The molecule has 2 aromatic rings. The molecule has 18 heavy (non-hydrogen) atoms. The van der Waals surface area contributed by atoms with Crippen molar-refractivity contribution in [3.8, 4) is 0 Å². The van der Waals surface area contributed by atoms with Crippen molar-refractivity contribution in [2.24, 2.45) is 0 Å². The first-order chi connectivity index (χ1) is 8.68. The highest BCUT2D eigenvalue weighted by molar-refractivity contribution is 5.95. The van der Waals surface area contributed by atoms with Crippen LogP contribution in [0.15, 0.2) is 48.5 Å². The van der Waals surface area contributed by atoms with Crippen LogP contribution in [0.25, 0.3) is 0 Å². The van der Waals surface area contributed by atoms with E-state index in [0.29, 0.717) is 0 Å². The standard InChI is InChI=1S/C14H12FNO2/c15-11-7-4-8-12(16)13(11)14(17)18-9-10-5-2-1-3-6-10/h1-8H,9,16H2. The summed E-state index contributed by atoms with van der Waals surface area (Å²) in [6.07, 6.45) is 0. The molecule has 0 bridgehead atoms. The number of nitrogen functional groups attached to an aromatic ring is 1. The average Bonchev–Trinajstić information content (AvgIpc) is 2.37. The summed E-state index contributed by atoms with van der Waals surface area (Å²) in [6, 6.07) is 13.2. The van der Waals surface area contributed by atoms with Crippen LogP contribution in [0.2, 0.25) is 0 Å². The predicted molar refractivity (Wildman–Crippen MR) is 66.4 cm³/mol. The fraction of sp³-hybridized carbons (Fsp3) is 0.0714. The molecule has 2 rings (SSSR count). The van der Waals surface area contributed by atoms with Crippen molar-refractivity contribution < 1.29 is 13.9 Å². The average molecular weight is 245 g/mol. The maximum Gasteiger partial charge on any atom is 0.343 e. The van der Waals surface area contributed by atoms with E-state index in [1.807, 2.05) is 30.3 Å². The summed E-state index contributed by atoms with van der Waals surface area (Å²) in [5.74, 6) is -1.43. The summed E-state index contributed by atoms with van der Waals surface area (Å²) in [6.45, 7) is 0.0907. The molecule has 2 aromatic carbocycles. The molecule has 0 amide bonds.